The van der Waals surface area contributed by atoms with Gasteiger partial charge in [-0.15, -0.1) is 0 Å². The Bertz CT molecular complexity index is 2730. The van der Waals surface area contributed by atoms with Crippen molar-refractivity contribution in [3.05, 3.63) is 105 Å². The van der Waals surface area contributed by atoms with Crippen LogP contribution in [0.4, 0.5) is 5.69 Å². The molecule has 0 bridgehead atoms. The lowest BCUT2D eigenvalue weighted by molar-refractivity contribution is -0.180. The zero-order valence-electron chi connectivity index (χ0n) is 35.3. The van der Waals surface area contributed by atoms with Gasteiger partial charge in [0.05, 0.1) is 34.7 Å². The summed E-state index contributed by atoms with van der Waals surface area (Å²) in [4.78, 5) is 64.1. The minimum Gasteiger partial charge on any atom is -0.508 e. The minimum absolute atomic E-state index is 0.0283. The molecule has 16 heteroatoms. The maximum absolute atomic E-state index is 13.8. The summed E-state index contributed by atoms with van der Waals surface area (Å²) in [5.41, 5.74) is 4.52. The van der Waals surface area contributed by atoms with Gasteiger partial charge in [0.25, 0.3) is 0 Å². The number of nitrogens with zero attached hydrogens (tertiary/aromatic N) is 6. The van der Waals surface area contributed by atoms with E-state index in [4.69, 9.17) is 14.5 Å². The number of carbonyl (C=O) groups is 3. The van der Waals surface area contributed by atoms with Crippen LogP contribution in [0.1, 0.15) is 62.4 Å². The molecule has 3 aromatic carbocycles. The predicted octanol–water partition coefficient (Wildman–Crippen LogP) is 4.93. The maximum Gasteiger partial charge on any atom is 0.355 e. The van der Waals surface area contributed by atoms with Gasteiger partial charge in [-0.25, -0.2) is 24.2 Å². The van der Waals surface area contributed by atoms with E-state index in [1.165, 1.54) is 10.6 Å². The van der Waals surface area contributed by atoms with Crippen LogP contribution >= 0.6 is 0 Å². The van der Waals surface area contributed by atoms with Crippen molar-refractivity contribution in [2.75, 3.05) is 51.3 Å². The van der Waals surface area contributed by atoms with Gasteiger partial charge < -0.3 is 34.6 Å². The number of nitrogens with one attached hydrogen (secondary N) is 1. The zero-order chi connectivity index (χ0) is 44.0. The lowest BCUT2D eigenvalue weighted by atomic mass is 9.84. The number of aryl methyl sites for hydroxylation is 1. The molecule has 3 aliphatic heterocycles. The number of fused-ring (bicyclic) bond motifs is 2. The molecule has 4 N–H and O–H groups in total. The highest BCUT2D eigenvalue weighted by atomic mass is 16.6. The van der Waals surface area contributed by atoms with Crippen molar-refractivity contribution < 1.29 is 39.2 Å². The van der Waals surface area contributed by atoms with Gasteiger partial charge in [0.2, 0.25) is 5.60 Å². The average molecular weight is 844 g/mol. The van der Waals surface area contributed by atoms with Crippen LogP contribution in [0.5, 0.6) is 17.2 Å². The number of phenols is 3. The second kappa shape index (κ2) is 16.5. The normalized spacial score (nSPS) is 18.8. The Labute approximate surface area is 357 Å². The molecule has 1 unspecified atom stereocenters. The number of aromatic hydroxyl groups is 3. The van der Waals surface area contributed by atoms with Gasteiger partial charge >= 0.3 is 17.6 Å². The number of benzene rings is 3. The van der Waals surface area contributed by atoms with E-state index in [1.807, 2.05) is 49.8 Å². The van der Waals surface area contributed by atoms with Crippen LogP contribution in [0.25, 0.3) is 33.7 Å². The Balaban J connectivity index is 0.978. The second-order valence-corrected chi connectivity index (χ2v) is 16.2. The number of carbonyl (C=O) groups excluding carboxylic acids is 3. The highest BCUT2D eigenvalue weighted by Gasteiger charge is 2.50. The number of pyridine rings is 1. The molecule has 1 atom stereocenters. The third kappa shape index (κ3) is 7.33. The lowest BCUT2D eigenvalue weighted by Gasteiger charge is -2.38. The molecule has 0 saturated carbocycles. The molecule has 0 aliphatic carbocycles. The molecule has 322 valence electrons. The van der Waals surface area contributed by atoms with E-state index in [0.29, 0.717) is 79.2 Å². The molecule has 16 nitrogen and oxygen atoms in total. The predicted molar refractivity (Wildman–Crippen MR) is 231 cm³/mol. The number of hydrogen-bond donors (Lipinski definition) is 4. The fourth-order valence-corrected chi connectivity index (χ4v) is 8.82. The standard InChI is InChI=1S/C46H49N7O9/c1-6-31-33-18-30(55)12-13-37(33)47-42-35(31)22-50(5)38(42)20-36-27(24-54)25-61-44(59)46(36,7-2)62-41(58)23-51-14-16-52(17-15-51)28-8-10-29(11-9-28)53-43(48-49-45(53)60)34-19-32(26(3)4)39(56)21-40(34)57/h8-13,18-21,24,26,55-57H,6-7,14-17,22-23,25H2,1-5H3,(H,49,60)/b38-20-. The van der Waals surface area contributed by atoms with Crippen LogP contribution in [0.3, 0.4) is 0 Å². The number of H-pyrrole nitrogens is 1. The van der Waals surface area contributed by atoms with Crippen molar-refractivity contribution in [3.8, 4) is 34.3 Å². The molecule has 8 rings (SSSR count). The first-order valence-electron chi connectivity index (χ1n) is 20.7. The summed E-state index contributed by atoms with van der Waals surface area (Å²) in [6.45, 7) is 9.91. The number of anilines is 1. The van der Waals surface area contributed by atoms with Crippen molar-refractivity contribution in [2.24, 2.45) is 0 Å². The number of hydrogen-bond acceptors (Lipinski definition) is 14. The van der Waals surface area contributed by atoms with Gasteiger partial charge in [0.1, 0.15) is 30.1 Å². The summed E-state index contributed by atoms with van der Waals surface area (Å²) in [6.07, 6.45) is 3.10. The largest absolute Gasteiger partial charge is 0.508 e. The Morgan fingerprint density at radius 1 is 0.984 bits per heavy atom. The van der Waals surface area contributed by atoms with Crippen LogP contribution < -0.4 is 10.6 Å². The van der Waals surface area contributed by atoms with Crippen molar-refractivity contribution >= 4 is 40.5 Å². The first-order chi connectivity index (χ1) is 29.8. The Hall–Kier alpha value is -6.94. The number of piperazine rings is 1. The van der Waals surface area contributed by atoms with E-state index in [1.54, 1.807) is 49.4 Å². The maximum atomic E-state index is 13.8. The molecule has 0 amide bonds. The lowest BCUT2D eigenvalue weighted by Crippen LogP contribution is -2.52. The third-order valence-corrected chi connectivity index (χ3v) is 12.1. The van der Waals surface area contributed by atoms with Gasteiger partial charge in [-0.2, -0.15) is 5.10 Å². The van der Waals surface area contributed by atoms with Crippen molar-refractivity contribution in [1.29, 1.82) is 0 Å². The third-order valence-electron chi connectivity index (χ3n) is 12.1. The topological polar surface area (TPSA) is 204 Å². The number of aldehydes is 1. The van der Waals surface area contributed by atoms with Gasteiger partial charge in [-0.05, 0) is 84.5 Å². The van der Waals surface area contributed by atoms with Crippen molar-refractivity contribution in [3.63, 3.8) is 0 Å². The molecule has 1 fully saturated rings. The van der Waals surface area contributed by atoms with Crippen molar-refractivity contribution in [1.82, 2.24) is 29.5 Å². The number of cyclic esters (lactones) is 1. The molecular weight excluding hydrogens is 795 g/mol. The first-order valence-corrected chi connectivity index (χ1v) is 20.7. The number of aromatic nitrogens is 4. The quantitative estimate of drug-likeness (QED) is 0.103. The minimum atomic E-state index is -1.86. The number of rotatable bonds is 11. The molecule has 3 aliphatic rings. The summed E-state index contributed by atoms with van der Waals surface area (Å²) in [5, 5.41) is 38.8. The van der Waals surface area contributed by atoms with Crippen LogP contribution in [-0.4, -0.2) is 115 Å². The number of phenolic OH excluding ortho intramolecular Hbond substituents is 3. The Morgan fingerprint density at radius 2 is 1.71 bits per heavy atom. The monoisotopic (exact) mass is 843 g/mol. The molecule has 62 heavy (non-hydrogen) atoms. The van der Waals surface area contributed by atoms with Gasteiger partial charge in [0.15, 0.2) is 5.82 Å². The molecule has 5 heterocycles. The summed E-state index contributed by atoms with van der Waals surface area (Å²) in [7, 11) is 1.90. The number of aromatic amines is 1. The molecule has 2 aromatic heterocycles. The average Bonchev–Trinajstić information content (AvgIpc) is 3.79. The smallest absolute Gasteiger partial charge is 0.355 e. The fraction of sp³-hybridized carbons (Fsp3) is 0.348. The van der Waals surface area contributed by atoms with E-state index >= 15 is 0 Å². The zero-order valence-corrected chi connectivity index (χ0v) is 35.3. The van der Waals surface area contributed by atoms with Gasteiger partial charge in [-0.1, -0.05) is 27.7 Å². The summed E-state index contributed by atoms with van der Waals surface area (Å²) < 4.78 is 13.0. The van der Waals surface area contributed by atoms with Crippen LogP contribution in [0.15, 0.2) is 76.6 Å². The highest BCUT2D eigenvalue weighted by molar-refractivity contribution is 5.96. The van der Waals surface area contributed by atoms with Gasteiger partial charge in [0, 0.05) is 73.6 Å². The van der Waals surface area contributed by atoms with Crippen molar-refractivity contribution in [2.45, 2.75) is 58.6 Å². The summed E-state index contributed by atoms with van der Waals surface area (Å²) >= 11 is 0. The number of esters is 2. The van der Waals surface area contributed by atoms with E-state index in [9.17, 15) is 34.5 Å². The molecule has 1 saturated heterocycles. The van der Waals surface area contributed by atoms with E-state index in [0.717, 1.165) is 22.2 Å². The Morgan fingerprint density at radius 3 is 2.39 bits per heavy atom. The van der Waals surface area contributed by atoms with Crippen LogP contribution in [0, 0.1) is 0 Å². The molecular formula is C46H49N7O9. The number of ether oxygens (including phenoxy) is 2. The summed E-state index contributed by atoms with van der Waals surface area (Å²) in [6, 6.07) is 15.3. The molecule has 5 aromatic rings. The molecule has 0 spiro atoms. The van der Waals surface area contributed by atoms with E-state index in [2.05, 4.69) is 15.1 Å². The first kappa shape index (κ1) is 41.8. The van der Waals surface area contributed by atoms with Crippen LogP contribution in [0.2, 0.25) is 0 Å². The molecule has 0 radical (unpaired) electrons. The van der Waals surface area contributed by atoms with E-state index < -0.39 is 23.2 Å². The van der Waals surface area contributed by atoms with Crippen LogP contribution in [-0.2, 0) is 36.8 Å². The second-order valence-electron chi connectivity index (χ2n) is 16.2. The fourth-order valence-electron chi connectivity index (χ4n) is 8.82. The highest BCUT2D eigenvalue weighted by Crippen LogP contribution is 2.42. The Kier molecular flexibility index (Phi) is 11.1. The van der Waals surface area contributed by atoms with Gasteiger partial charge in [-0.3, -0.25) is 14.5 Å². The summed E-state index contributed by atoms with van der Waals surface area (Å²) in [5.74, 6) is -1.33. The SMILES string of the molecule is CCc1c2c(nc3ccc(O)cc13)/C(=C/C1=C(C=O)COC(=O)C1(CC)OC(=O)CN1CCN(c3ccc(-n4c(-c5cc(C(C)C)c(O)cc5O)n[nH]c4=O)cc3)CC1)N(C)C2. The van der Waals surface area contributed by atoms with E-state index in [-0.39, 0.29) is 59.7 Å².